The monoisotopic (exact) mass is 1800 g/mol. The van der Waals surface area contributed by atoms with Crippen LogP contribution in [0.2, 0.25) is 0 Å². The van der Waals surface area contributed by atoms with Crippen molar-refractivity contribution >= 4 is 93.8 Å². The molecule has 29 nitrogen and oxygen atoms in total. The Balaban J connectivity index is 0.000000122. The molecule has 8 aliphatic rings. The molecule has 682 valence electrons. The van der Waals surface area contributed by atoms with Crippen molar-refractivity contribution in [3.63, 3.8) is 0 Å². The standard InChI is InChI=1S/C24H27F2N6O2.C24H25F2N5O2.2C23H23F2N5O2/c1-32(34)13-11-29(12-14-32)23(33)7-4-17-16-27-31-10-8-22(28-24(17)31)30-9-2-3-21(30)19-15-18(25)5-6-20(19)26;25-17-4-5-20(26)19(14-17)21-2-1-10-30(21)22-9-13-31-24(28-22)16(15-27-31)3-6-23(33)29-11-7-18(32)8-12-29;2*24-16-4-5-19(25)18(12-16)20-2-1-9-29(20)21-8-11-30-23(27-21)15(13-26-30)3-6-22(32)28-10-7-17(31)14-28/h4-8,10,15-16,21,34H,2-3,9,11-14H2,1H3;3-6,9,13-15,18,21,32H,1-2,7-8,10-12H2;2*3-6,8,11-13,17,20,31H,1-2,7,9-10,14H2/q+1;;;/b7-4+;3*6-3+/t2*21-;17-,20+;17-,20-/m1101/s1. The van der Waals surface area contributed by atoms with E-state index in [4.69, 9.17) is 19.9 Å². The van der Waals surface area contributed by atoms with Gasteiger partial charge in [0.2, 0.25) is 23.6 Å². The molecule has 4 N–H and O–H groups in total. The first-order chi connectivity index (χ1) is 63.3. The van der Waals surface area contributed by atoms with E-state index in [1.54, 1.807) is 131 Å². The van der Waals surface area contributed by atoms with Crippen LogP contribution >= 0.6 is 0 Å². The van der Waals surface area contributed by atoms with Gasteiger partial charge in [0.25, 0.3) is 0 Å². The number of piperidine rings is 1. The first-order valence-corrected chi connectivity index (χ1v) is 44.0. The molecule has 0 bridgehead atoms. The van der Waals surface area contributed by atoms with Gasteiger partial charge >= 0.3 is 0 Å². The number of aliphatic hydroxyl groups is 3. The summed E-state index contributed by atoms with van der Waals surface area (Å²) in [6.45, 7) is 7.50. The largest absolute Gasteiger partial charge is 0.393 e. The zero-order chi connectivity index (χ0) is 91.3. The molecule has 8 aliphatic heterocycles. The molecule has 8 saturated heterocycles. The number of carbonyl (C=O) groups is 4. The van der Waals surface area contributed by atoms with Crippen molar-refractivity contribution in [1.29, 1.82) is 0 Å². The van der Waals surface area contributed by atoms with E-state index in [1.165, 1.54) is 48.6 Å². The molecule has 16 heterocycles. The van der Waals surface area contributed by atoms with Crippen molar-refractivity contribution in [2.24, 2.45) is 0 Å². The number of hydrogen-bond acceptors (Lipinski definition) is 20. The molecular formula is C94H98F8N21O8+. The second-order valence-electron chi connectivity index (χ2n) is 34.1. The van der Waals surface area contributed by atoms with Crippen LogP contribution in [0.5, 0.6) is 0 Å². The Kier molecular flexibility index (Phi) is 26.8. The second kappa shape index (κ2) is 39.1. The molecule has 0 spiro atoms. The van der Waals surface area contributed by atoms with Crippen molar-refractivity contribution in [3.05, 3.63) is 262 Å². The molecule has 37 heteroatoms. The van der Waals surface area contributed by atoms with Gasteiger partial charge in [-0.3, -0.25) is 19.2 Å². The number of benzene rings is 4. The molecule has 4 amide bonds. The Hall–Kier alpha value is -13.4. The van der Waals surface area contributed by atoms with Gasteiger partial charge in [-0.2, -0.15) is 25.0 Å². The molecule has 0 saturated carbocycles. The molecule has 4 aromatic carbocycles. The van der Waals surface area contributed by atoms with Gasteiger partial charge in [-0.1, -0.05) is 0 Å². The van der Waals surface area contributed by atoms with E-state index in [0.29, 0.717) is 233 Å². The number of β-amino-alcohol motifs (C(OH)–C–C–N with tert-alkyl or cyclic N) is 2. The zero-order valence-electron chi connectivity index (χ0n) is 71.7. The van der Waals surface area contributed by atoms with E-state index >= 15 is 0 Å². The minimum Gasteiger partial charge on any atom is -0.393 e. The third-order valence-electron chi connectivity index (χ3n) is 25.3. The molecule has 6 atom stereocenters. The Morgan fingerprint density at radius 3 is 0.855 bits per heavy atom. The summed E-state index contributed by atoms with van der Waals surface area (Å²) in [6.07, 6.45) is 33.5. The first kappa shape index (κ1) is 89.6. The van der Waals surface area contributed by atoms with E-state index in [0.717, 1.165) is 74.2 Å². The summed E-state index contributed by atoms with van der Waals surface area (Å²) in [4.78, 5) is 83.4. The number of likely N-dealkylation sites (tertiary alicyclic amines) is 3. The van der Waals surface area contributed by atoms with Crippen molar-refractivity contribution in [2.75, 3.05) is 118 Å². The number of amides is 4. The van der Waals surface area contributed by atoms with Gasteiger partial charge in [-0.05, 0) is 198 Å². The fourth-order valence-corrected chi connectivity index (χ4v) is 18.3. The number of piperazine rings is 1. The quantitative estimate of drug-likeness (QED) is 0.0397. The highest BCUT2D eigenvalue weighted by atomic mass is 19.2. The number of rotatable bonds is 16. The van der Waals surface area contributed by atoms with Crippen LogP contribution in [0.15, 0.2) is 171 Å². The van der Waals surface area contributed by atoms with E-state index in [1.807, 2.05) is 31.7 Å². The summed E-state index contributed by atoms with van der Waals surface area (Å²) in [5, 5.41) is 56.1. The SMILES string of the molecule is C[N+]1(O)CCN(C(=O)/C=C/c2cnn3ccc(N4CCC[C@@H]4c4cc(F)ccc4F)nc23)CC1.O=C(/C=C/c1cnn2ccc(N3CCC[C@@H]3c3cc(F)ccc3F)nc12)N1CCC(O)CC1.O=C(/C=C/c1cnn2ccc(N3CCC[C@@H]3c3cc(F)ccc3F)nc12)N1CC[C@@H](O)C1.O=C(/C=C/c1cnn2ccc(N3CCC[C@@H]3c3cc(F)ccc3F)nc12)N1CC[C@H](O)C1. The minimum absolute atomic E-state index is 0.0781. The number of quaternary nitrogens is 1. The average molecular weight is 1800 g/mol. The van der Waals surface area contributed by atoms with E-state index in [-0.39, 0.29) is 58.5 Å². The fourth-order valence-electron chi connectivity index (χ4n) is 18.3. The minimum atomic E-state index is -0.468. The fraction of sp³-hybridized carbons (Fsp3) is 0.362. The van der Waals surface area contributed by atoms with Crippen molar-refractivity contribution in [3.8, 4) is 0 Å². The third kappa shape index (κ3) is 20.3. The third-order valence-corrected chi connectivity index (χ3v) is 25.3. The molecule has 8 aromatic heterocycles. The molecule has 12 aromatic rings. The number of fused-ring (bicyclic) bond motifs is 4. The molecule has 0 aliphatic carbocycles. The number of hydrogen-bond donors (Lipinski definition) is 4. The summed E-state index contributed by atoms with van der Waals surface area (Å²) >= 11 is 0. The van der Waals surface area contributed by atoms with Crippen LogP contribution in [0.3, 0.4) is 0 Å². The molecule has 131 heavy (non-hydrogen) atoms. The molecule has 0 radical (unpaired) electrons. The maximum Gasteiger partial charge on any atom is 0.246 e. The number of carbonyl (C=O) groups excluding carboxylic acids is 4. The summed E-state index contributed by atoms with van der Waals surface area (Å²) in [5.74, 6) is -1.54. The molecule has 20 rings (SSSR count). The van der Waals surface area contributed by atoms with Crippen LogP contribution in [0.4, 0.5) is 58.4 Å². The normalized spacial score (nSPS) is 20.7. The Labute approximate surface area is 747 Å². The van der Waals surface area contributed by atoms with Gasteiger partial charge in [-0.15, -0.1) is 0 Å². The summed E-state index contributed by atoms with van der Waals surface area (Å²) in [5.41, 5.74) is 6.33. The number of aromatic nitrogens is 12. The number of hydroxylamine groups is 3. The van der Waals surface area contributed by atoms with Gasteiger partial charge in [-0.25, -0.2) is 78.3 Å². The Bertz CT molecular complexity index is 6160. The zero-order valence-corrected chi connectivity index (χ0v) is 71.7. The second-order valence-corrected chi connectivity index (χ2v) is 34.1. The summed E-state index contributed by atoms with van der Waals surface area (Å²) in [7, 11) is 1.73. The molecular weight excluding hydrogens is 1700 g/mol. The highest BCUT2D eigenvalue weighted by Gasteiger charge is 2.37. The predicted octanol–water partition coefficient (Wildman–Crippen LogP) is 12.3. The van der Waals surface area contributed by atoms with E-state index in [9.17, 15) is 74.8 Å². The first-order valence-electron chi connectivity index (χ1n) is 44.0. The lowest BCUT2D eigenvalue weighted by Crippen LogP contribution is -2.56. The Morgan fingerprint density at radius 2 is 0.588 bits per heavy atom. The van der Waals surface area contributed by atoms with Gasteiger partial charge in [0.05, 0.1) is 87.4 Å². The van der Waals surface area contributed by atoms with Gasteiger partial charge in [0.15, 0.2) is 22.6 Å². The van der Waals surface area contributed by atoms with Crippen LogP contribution in [-0.2, 0) is 19.2 Å². The van der Waals surface area contributed by atoms with Gasteiger partial charge < -0.3 is 54.5 Å². The van der Waals surface area contributed by atoms with E-state index in [2.05, 4.69) is 20.4 Å². The smallest absolute Gasteiger partial charge is 0.246 e. The summed E-state index contributed by atoms with van der Waals surface area (Å²) < 4.78 is 119. The number of nitrogens with zero attached hydrogens (tertiary/aromatic N) is 21. The lowest BCUT2D eigenvalue weighted by Gasteiger charge is -2.35. The van der Waals surface area contributed by atoms with E-state index < -0.39 is 58.7 Å². The number of likely N-dealkylation sites (N-methyl/N-ethyl adjacent to an activating group) is 1. The number of halogens is 8. The lowest BCUT2D eigenvalue weighted by molar-refractivity contribution is -1.09. The highest BCUT2D eigenvalue weighted by Crippen LogP contribution is 2.42. The van der Waals surface area contributed by atoms with Crippen LogP contribution in [0.1, 0.15) is 146 Å². The van der Waals surface area contributed by atoms with Crippen LogP contribution in [0, 0.1) is 46.5 Å². The number of aliphatic hydroxyl groups excluding tert-OH is 3. The predicted molar refractivity (Wildman–Crippen MR) is 471 cm³/mol. The average Bonchev–Trinajstić information content (AvgIpc) is 1.65. The maximum atomic E-state index is 14.5. The van der Waals surface area contributed by atoms with Crippen LogP contribution in [-0.4, -0.2) is 244 Å². The molecule has 0 unspecified atom stereocenters. The molecule has 8 fully saturated rings. The lowest BCUT2D eigenvalue weighted by atomic mass is 10.0. The van der Waals surface area contributed by atoms with Gasteiger partial charge in [0, 0.05) is 159 Å². The topological polar surface area (TPSA) is 296 Å². The van der Waals surface area contributed by atoms with Gasteiger partial charge in [0.1, 0.15) is 82.9 Å². The summed E-state index contributed by atoms with van der Waals surface area (Å²) in [6, 6.07) is 20.2. The van der Waals surface area contributed by atoms with Crippen LogP contribution < -0.4 is 19.6 Å². The van der Waals surface area contributed by atoms with Crippen LogP contribution in [0.25, 0.3) is 46.9 Å². The van der Waals surface area contributed by atoms with Crippen molar-refractivity contribution < 1.29 is 79.5 Å². The number of anilines is 4. The van der Waals surface area contributed by atoms with Crippen molar-refractivity contribution in [1.82, 2.24) is 78.0 Å². The maximum absolute atomic E-state index is 14.5. The Morgan fingerprint density at radius 1 is 0.336 bits per heavy atom. The highest BCUT2D eigenvalue weighted by molar-refractivity contribution is 5.95. The van der Waals surface area contributed by atoms with Crippen molar-refractivity contribution in [2.45, 2.75) is 120 Å².